The van der Waals surface area contributed by atoms with Gasteiger partial charge in [0, 0.05) is 55.5 Å². The van der Waals surface area contributed by atoms with Gasteiger partial charge >= 0.3 is 15.6 Å². The molecule has 210 valence electrons. The van der Waals surface area contributed by atoms with Crippen molar-refractivity contribution in [1.82, 2.24) is 10.2 Å². The largest absolute Gasteiger partial charge is 0.482 e. The highest BCUT2D eigenvalue weighted by molar-refractivity contribution is 7.63. The average Bonchev–Trinajstić information content (AvgIpc) is 2.68. The summed E-state index contributed by atoms with van der Waals surface area (Å²) in [6.07, 6.45) is 0.420. The van der Waals surface area contributed by atoms with Crippen LogP contribution in [0.4, 0.5) is 0 Å². The van der Waals surface area contributed by atoms with Gasteiger partial charge in [-0.25, -0.2) is 14.6 Å². The Morgan fingerprint density at radius 3 is 1.97 bits per heavy atom. The van der Waals surface area contributed by atoms with Gasteiger partial charge < -0.3 is 11.1 Å². The number of carbonyl (C=O) groups excluding carboxylic acids is 3. The summed E-state index contributed by atoms with van der Waals surface area (Å²) in [6, 6.07) is 0. The van der Waals surface area contributed by atoms with E-state index in [9.17, 15) is 23.5 Å². The highest BCUT2D eigenvalue weighted by Crippen LogP contribution is 2.60. The van der Waals surface area contributed by atoms with E-state index in [2.05, 4.69) is 18.7 Å². The van der Waals surface area contributed by atoms with Crippen LogP contribution in [0.3, 0.4) is 0 Å². The van der Waals surface area contributed by atoms with Crippen LogP contribution < -0.4 is 16.6 Å². The van der Waals surface area contributed by atoms with Gasteiger partial charge in [0.25, 0.3) is 0 Å². The van der Waals surface area contributed by atoms with Gasteiger partial charge in [-0.3, -0.25) is 32.9 Å². The second-order valence-corrected chi connectivity index (χ2v) is 14.8. The maximum atomic E-state index is 13.1. The standard InChI is InChI=1S/C21H42N4O9P2/c1-18(2,17(28)24-10-11-33-36(30,32-9)34-35(23,29)31-8)14-19(3,4)25-15(26)12-21(7,13-16(25)27)20(5,6)22/h10-14,22H2,1-9H3,(H2,23,29)(H,24,28). The first-order chi connectivity index (χ1) is 16.0. The molecule has 0 saturated carbocycles. The van der Waals surface area contributed by atoms with Crippen LogP contribution in [-0.4, -0.2) is 61.1 Å². The Hall–Kier alpha value is -1.17. The van der Waals surface area contributed by atoms with Gasteiger partial charge in [-0.15, -0.1) is 0 Å². The zero-order valence-corrected chi connectivity index (χ0v) is 24.5. The van der Waals surface area contributed by atoms with Crippen molar-refractivity contribution < 1.29 is 41.4 Å². The summed E-state index contributed by atoms with van der Waals surface area (Å²) < 4.78 is 42.7. The molecule has 5 N–H and O–H groups in total. The SMILES string of the molecule is COP(N)(=O)OP(=O)(OC)OCCNC(=O)C(C)(C)CC(C)(C)N1C(=O)CC(C)(C(C)(C)N)CC1=O. The summed E-state index contributed by atoms with van der Waals surface area (Å²) in [7, 11) is -6.40. The second kappa shape index (κ2) is 11.3. The molecule has 0 aromatic heterocycles. The molecule has 0 bridgehead atoms. The first-order valence-electron chi connectivity index (χ1n) is 11.4. The first-order valence-corrected chi connectivity index (χ1v) is 14.5. The normalized spacial score (nSPS) is 20.6. The van der Waals surface area contributed by atoms with Crippen LogP contribution in [-0.2, 0) is 41.4 Å². The number of rotatable bonds is 13. The molecule has 1 heterocycles. The predicted molar refractivity (Wildman–Crippen MR) is 133 cm³/mol. The number of hydrogen-bond acceptors (Lipinski definition) is 10. The number of piperidine rings is 1. The van der Waals surface area contributed by atoms with E-state index < -0.39 is 43.4 Å². The van der Waals surface area contributed by atoms with Crippen molar-refractivity contribution in [1.29, 1.82) is 0 Å². The number of amides is 3. The van der Waals surface area contributed by atoms with Crippen molar-refractivity contribution in [3.8, 4) is 0 Å². The minimum atomic E-state index is -4.28. The molecule has 13 nitrogen and oxygen atoms in total. The van der Waals surface area contributed by atoms with Gasteiger partial charge in [-0.1, -0.05) is 20.8 Å². The number of hydrogen-bond donors (Lipinski definition) is 3. The Morgan fingerprint density at radius 2 is 1.56 bits per heavy atom. The molecule has 0 aliphatic carbocycles. The number of likely N-dealkylation sites (tertiary alicyclic amines) is 1. The van der Waals surface area contributed by atoms with Gasteiger partial charge in [-0.05, 0) is 34.1 Å². The van der Waals surface area contributed by atoms with Crippen LogP contribution in [0.5, 0.6) is 0 Å². The molecule has 1 aliphatic heterocycles. The third-order valence-electron chi connectivity index (χ3n) is 6.56. The number of imide groups is 1. The Labute approximate surface area is 213 Å². The van der Waals surface area contributed by atoms with Gasteiger partial charge in [0.15, 0.2) is 0 Å². The molecule has 1 aliphatic rings. The molecule has 3 amide bonds. The maximum Gasteiger partial charge on any atom is 0.482 e. The van der Waals surface area contributed by atoms with Crippen molar-refractivity contribution in [2.45, 2.75) is 78.8 Å². The Bertz CT molecular complexity index is 928. The van der Waals surface area contributed by atoms with Gasteiger partial charge in [0.2, 0.25) is 17.7 Å². The Morgan fingerprint density at radius 1 is 1.06 bits per heavy atom. The molecule has 1 saturated heterocycles. The third-order valence-corrected chi connectivity index (χ3v) is 9.73. The van der Waals surface area contributed by atoms with E-state index in [4.69, 9.17) is 15.8 Å². The topological polar surface area (TPSA) is 190 Å². The molecule has 15 heteroatoms. The second-order valence-electron chi connectivity index (χ2n) is 11.2. The highest BCUT2D eigenvalue weighted by atomic mass is 31.3. The van der Waals surface area contributed by atoms with Crippen LogP contribution in [0.1, 0.15) is 67.7 Å². The minimum Gasteiger partial charge on any atom is -0.353 e. The molecule has 2 unspecified atom stereocenters. The summed E-state index contributed by atoms with van der Waals surface area (Å²) in [5, 5.41) is 2.64. The van der Waals surface area contributed by atoms with E-state index in [1.54, 1.807) is 41.5 Å². The number of phosphoric acid groups is 1. The Kier molecular flexibility index (Phi) is 10.3. The monoisotopic (exact) mass is 556 g/mol. The van der Waals surface area contributed by atoms with Crippen LogP contribution in [0.25, 0.3) is 0 Å². The van der Waals surface area contributed by atoms with E-state index >= 15 is 0 Å². The lowest BCUT2D eigenvalue weighted by molar-refractivity contribution is -0.164. The molecule has 1 fully saturated rings. The quantitative estimate of drug-likeness (QED) is 0.172. The molecule has 36 heavy (non-hydrogen) atoms. The van der Waals surface area contributed by atoms with E-state index in [1.807, 2.05) is 6.92 Å². The number of nitrogens with zero attached hydrogens (tertiary/aromatic N) is 1. The molecule has 2 atom stereocenters. The molecule has 0 spiro atoms. The van der Waals surface area contributed by atoms with Gasteiger partial charge in [0.1, 0.15) is 0 Å². The molecule has 0 radical (unpaired) electrons. The smallest absolute Gasteiger partial charge is 0.353 e. The van der Waals surface area contributed by atoms with Crippen LogP contribution in [0, 0.1) is 10.8 Å². The number of phosphoric ester groups is 1. The number of carbonyl (C=O) groups is 3. The zero-order valence-electron chi connectivity index (χ0n) is 22.7. The van der Waals surface area contributed by atoms with Crippen LogP contribution in [0.15, 0.2) is 0 Å². The fraction of sp³-hybridized carbons (Fsp3) is 0.857. The predicted octanol–water partition coefficient (Wildman–Crippen LogP) is 2.69. The van der Waals surface area contributed by atoms with Crippen molar-refractivity contribution in [2.75, 3.05) is 27.4 Å². The molecular weight excluding hydrogens is 514 g/mol. The fourth-order valence-electron chi connectivity index (χ4n) is 4.24. The molecule has 0 aromatic carbocycles. The van der Waals surface area contributed by atoms with Gasteiger partial charge in [-0.2, -0.15) is 4.31 Å². The molecule has 1 rings (SSSR count). The lowest BCUT2D eigenvalue weighted by atomic mass is 9.66. The fourth-order valence-corrected chi connectivity index (χ4v) is 6.50. The Balaban J connectivity index is 2.80. The lowest BCUT2D eigenvalue weighted by Gasteiger charge is -2.50. The third kappa shape index (κ3) is 8.16. The summed E-state index contributed by atoms with van der Waals surface area (Å²) >= 11 is 0. The van der Waals surface area contributed by atoms with Gasteiger partial charge in [0.05, 0.1) is 6.61 Å². The van der Waals surface area contributed by atoms with Crippen molar-refractivity contribution in [2.24, 2.45) is 22.1 Å². The number of nitrogens with one attached hydrogen (secondary N) is 1. The number of nitrogens with two attached hydrogens (primary N) is 2. The van der Waals surface area contributed by atoms with E-state index in [0.717, 1.165) is 14.2 Å². The van der Waals surface area contributed by atoms with Crippen LogP contribution >= 0.6 is 15.6 Å². The van der Waals surface area contributed by atoms with Crippen molar-refractivity contribution >= 4 is 33.3 Å². The van der Waals surface area contributed by atoms with Crippen molar-refractivity contribution in [3.63, 3.8) is 0 Å². The average molecular weight is 557 g/mol. The van der Waals surface area contributed by atoms with Crippen molar-refractivity contribution in [3.05, 3.63) is 0 Å². The minimum absolute atomic E-state index is 0.0905. The highest BCUT2D eigenvalue weighted by Gasteiger charge is 2.52. The summed E-state index contributed by atoms with van der Waals surface area (Å²) in [5.74, 6) is -1.05. The lowest BCUT2D eigenvalue weighted by Crippen LogP contribution is -2.63. The summed E-state index contributed by atoms with van der Waals surface area (Å²) in [6.45, 7) is 11.9. The van der Waals surface area contributed by atoms with E-state index in [-0.39, 0.29) is 44.2 Å². The van der Waals surface area contributed by atoms with E-state index in [1.165, 1.54) is 4.90 Å². The van der Waals surface area contributed by atoms with Crippen LogP contribution in [0.2, 0.25) is 0 Å². The van der Waals surface area contributed by atoms with E-state index in [0.29, 0.717) is 0 Å². The zero-order chi connectivity index (χ0) is 28.4. The maximum absolute atomic E-state index is 13.1. The first kappa shape index (κ1) is 32.9. The molecule has 0 aromatic rings. The molecular formula is C21H42N4O9P2. The summed E-state index contributed by atoms with van der Waals surface area (Å²) in [5.41, 5.74) is 8.12. The summed E-state index contributed by atoms with van der Waals surface area (Å²) in [4.78, 5) is 40.3.